The van der Waals surface area contributed by atoms with Crippen molar-refractivity contribution in [1.82, 2.24) is 0 Å². The van der Waals surface area contributed by atoms with Crippen LogP contribution in [-0.2, 0) is 33.3 Å². The molecule has 10 nitrogen and oxygen atoms in total. The van der Waals surface area contributed by atoms with Crippen LogP contribution in [-0.4, -0.2) is 71.7 Å². The van der Waals surface area contributed by atoms with Gasteiger partial charge in [0.05, 0.1) is 13.2 Å². The maximum atomic E-state index is 11.9. The highest BCUT2D eigenvalue weighted by Crippen LogP contribution is 2.40. The SMILES string of the molecule is C=CC(=O)OCC(OC(=O)C=C)(OC(=O)C=C)C(CO)(CO)C(O)OCCC. The highest BCUT2D eigenvalue weighted by atomic mass is 16.8. The lowest BCUT2D eigenvalue weighted by Crippen LogP contribution is -2.66. The zero-order valence-electron chi connectivity index (χ0n) is 15.7. The molecular formula is C18H26O10. The number of carbonyl (C=O) groups excluding carboxylic acids is 3. The molecule has 0 bridgehead atoms. The molecule has 158 valence electrons. The van der Waals surface area contributed by atoms with E-state index in [0.29, 0.717) is 18.6 Å². The van der Waals surface area contributed by atoms with E-state index in [2.05, 4.69) is 19.7 Å². The van der Waals surface area contributed by atoms with Crippen molar-refractivity contribution in [1.29, 1.82) is 0 Å². The summed E-state index contributed by atoms with van der Waals surface area (Å²) in [5, 5.41) is 30.4. The van der Waals surface area contributed by atoms with E-state index in [-0.39, 0.29) is 6.61 Å². The lowest BCUT2D eigenvalue weighted by atomic mass is 9.79. The first-order valence-corrected chi connectivity index (χ1v) is 8.23. The smallest absolute Gasteiger partial charge is 0.333 e. The molecule has 0 saturated heterocycles. The van der Waals surface area contributed by atoms with Gasteiger partial charge in [-0.3, -0.25) is 0 Å². The van der Waals surface area contributed by atoms with E-state index in [9.17, 15) is 29.7 Å². The summed E-state index contributed by atoms with van der Waals surface area (Å²) in [4.78, 5) is 35.4. The van der Waals surface area contributed by atoms with E-state index >= 15 is 0 Å². The number of rotatable bonds is 14. The summed E-state index contributed by atoms with van der Waals surface area (Å²) >= 11 is 0. The predicted molar refractivity (Wildman–Crippen MR) is 95.3 cm³/mol. The second-order valence-electron chi connectivity index (χ2n) is 5.51. The Morgan fingerprint density at radius 3 is 1.79 bits per heavy atom. The van der Waals surface area contributed by atoms with Gasteiger partial charge in [0.25, 0.3) is 0 Å². The van der Waals surface area contributed by atoms with Gasteiger partial charge >= 0.3 is 23.7 Å². The lowest BCUT2D eigenvalue weighted by Gasteiger charge is -2.47. The molecule has 0 rings (SSSR count). The topological polar surface area (TPSA) is 149 Å². The van der Waals surface area contributed by atoms with Crippen LogP contribution in [0, 0.1) is 5.41 Å². The number of aliphatic hydroxyl groups excluding tert-OH is 3. The number of hydrogen-bond donors (Lipinski definition) is 3. The van der Waals surface area contributed by atoms with E-state index in [1.54, 1.807) is 6.92 Å². The molecule has 0 spiro atoms. The zero-order valence-corrected chi connectivity index (χ0v) is 15.7. The Labute approximate surface area is 162 Å². The third-order valence-electron chi connectivity index (χ3n) is 3.71. The quantitative estimate of drug-likeness (QED) is 0.199. The maximum absolute atomic E-state index is 11.9. The molecule has 1 unspecified atom stereocenters. The minimum atomic E-state index is -2.70. The van der Waals surface area contributed by atoms with E-state index in [4.69, 9.17) is 18.9 Å². The Hall–Kier alpha value is -2.53. The molecule has 0 aromatic heterocycles. The highest BCUT2D eigenvalue weighted by Gasteiger charge is 2.63. The third kappa shape index (κ3) is 5.99. The van der Waals surface area contributed by atoms with Crippen molar-refractivity contribution in [2.24, 2.45) is 5.41 Å². The number of esters is 3. The summed E-state index contributed by atoms with van der Waals surface area (Å²) < 4.78 is 20.2. The first-order chi connectivity index (χ1) is 13.2. The fraction of sp³-hybridized carbons (Fsp3) is 0.500. The highest BCUT2D eigenvalue weighted by molar-refractivity contribution is 5.84. The fourth-order valence-electron chi connectivity index (χ4n) is 2.08. The van der Waals surface area contributed by atoms with Crippen molar-refractivity contribution in [2.75, 3.05) is 26.4 Å². The van der Waals surface area contributed by atoms with Gasteiger partial charge in [-0.1, -0.05) is 26.7 Å². The van der Waals surface area contributed by atoms with Crippen molar-refractivity contribution in [3.05, 3.63) is 38.0 Å². The minimum Gasteiger partial charge on any atom is -0.454 e. The Bertz CT molecular complexity index is 557. The van der Waals surface area contributed by atoms with Crippen molar-refractivity contribution >= 4 is 17.9 Å². The van der Waals surface area contributed by atoms with Crippen molar-refractivity contribution in [2.45, 2.75) is 25.4 Å². The van der Waals surface area contributed by atoms with Gasteiger partial charge in [-0.15, -0.1) is 0 Å². The summed E-state index contributed by atoms with van der Waals surface area (Å²) in [6.45, 7) is 8.10. The molecule has 28 heavy (non-hydrogen) atoms. The Morgan fingerprint density at radius 2 is 1.43 bits per heavy atom. The number of carbonyl (C=O) groups is 3. The van der Waals surface area contributed by atoms with Crippen LogP contribution in [0.25, 0.3) is 0 Å². The molecule has 0 saturated carbocycles. The van der Waals surface area contributed by atoms with E-state index in [1.807, 2.05) is 0 Å². The molecule has 10 heteroatoms. The minimum absolute atomic E-state index is 0.0176. The van der Waals surface area contributed by atoms with Crippen LogP contribution in [0.4, 0.5) is 0 Å². The van der Waals surface area contributed by atoms with Crippen LogP contribution >= 0.6 is 0 Å². The first-order valence-electron chi connectivity index (χ1n) is 8.23. The summed E-state index contributed by atoms with van der Waals surface area (Å²) in [5.74, 6) is -6.03. The van der Waals surface area contributed by atoms with Gasteiger partial charge in [-0.05, 0) is 6.42 Å². The number of hydrogen-bond acceptors (Lipinski definition) is 10. The number of aliphatic hydroxyl groups is 3. The Kier molecular flexibility index (Phi) is 10.9. The molecule has 0 radical (unpaired) electrons. The average molecular weight is 402 g/mol. The molecule has 0 aliphatic rings. The van der Waals surface area contributed by atoms with Crippen LogP contribution < -0.4 is 0 Å². The molecule has 0 amide bonds. The fourth-order valence-corrected chi connectivity index (χ4v) is 2.08. The average Bonchev–Trinajstić information content (AvgIpc) is 2.71. The molecule has 0 aliphatic carbocycles. The molecule has 0 aromatic carbocycles. The van der Waals surface area contributed by atoms with Gasteiger partial charge in [-0.25, -0.2) is 14.4 Å². The Morgan fingerprint density at radius 1 is 0.964 bits per heavy atom. The molecule has 3 N–H and O–H groups in total. The molecule has 1 atom stereocenters. The van der Waals surface area contributed by atoms with Crippen molar-refractivity contribution in [3.8, 4) is 0 Å². The van der Waals surface area contributed by atoms with Gasteiger partial charge in [0.15, 0.2) is 12.9 Å². The van der Waals surface area contributed by atoms with Crippen LogP contribution in [0.1, 0.15) is 13.3 Å². The largest absolute Gasteiger partial charge is 0.454 e. The van der Waals surface area contributed by atoms with Crippen molar-refractivity contribution < 1.29 is 48.7 Å². The van der Waals surface area contributed by atoms with Gasteiger partial charge in [0.2, 0.25) is 0 Å². The van der Waals surface area contributed by atoms with Gasteiger partial charge in [0, 0.05) is 24.8 Å². The van der Waals surface area contributed by atoms with Crippen LogP contribution in [0.2, 0.25) is 0 Å². The number of ether oxygens (including phenoxy) is 4. The monoisotopic (exact) mass is 402 g/mol. The normalized spacial score (nSPS) is 12.4. The zero-order chi connectivity index (χ0) is 21.8. The second kappa shape index (κ2) is 12.0. The summed E-state index contributed by atoms with van der Waals surface area (Å²) in [6.07, 6.45) is 0.621. The molecule has 0 fully saturated rings. The predicted octanol–water partition coefficient (Wildman–Crippen LogP) is -0.414. The molecule has 0 aromatic rings. The third-order valence-corrected chi connectivity index (χ3v) is 3.71. The van der Waals surface area contributed by atoms with Gasteiger partial charge in [-0.2, -0.15) is 0 Å². The van der Waals surface area contributed by atoms with Gasteiger partial charge in [0.1, 0.15) is 5.41 Å². The lowest BCUT2D eigenvalue weighted by molar-refractivity contribution is -0.345. The van der Waals surface area contributed by atoms with E-state index in [1.165, 1.54) is 0 Å². The molecule has 0 heterocycles. The van der Waals surface area contributed by atoms with Crippen LogP contribution in [0.5, 0.6) is 0 Å². The maximum Gasteiger partial charge on any atom is 0.333 e. The Balaban J connectivity index is 6.50. The molecule has 0 aliphatic heterocycles. The summed E-state index contributed by atoms with van der Waals surface area (Å²) in [6, 6.07) is 0. The standard InChI is InChI=1S/C18H26O10/c1-5-9-25-16(24)17(10-19,11-20)18(27-14(22)7-3,28-15(23)8-4)12-26-13(21)6-2/h6-8,16,19-20,24H,2-5,9-12H2,1H3. The van der Waals surface area contributed by atoms with Crippen molar-refractivity contribution in [3.63, 3.8) is 0 Å². The second-order valence-corrected chi connectivity index (χ2v) is 5.51. The first kappa shape index (κ1) is 25.5. The summed E-state index contributed by atoms with van der Waals surface area (Å²) in [5.41, 5.74) is -2.35. The van der Waals surface area contributed by atoms with E-state index in [0.717, 1.165) is 6.08 Å². The summed E-state index contributed by atoms with van der Waals surface area (Å²) in [7, 11) is 0. The molecular weight excluding hydrogens is 376 g/mol. The van der Waals surface area contributed by atoms with Crippen LogP contribution in [0.3, 0.4) is 0 Å². The van der Waals surface area contributed by atoms with Gasteiger partial charge < -0.3 is 34.3 Å². The van der Waals surface area contributed by atoms with Crippen LogP contribution in [0.15, 0.2) is 38.0 Å². The van der Waals surface area contributed by atoms with E-state index < -0.39 is 55.2 Å².